The summed E-state index contributed by atoms with van der Waals surface area (Å²) in [7, 11) is 0.651. The molecule has 4 heterocycles. The van der Waals surface area contributed by atoms with Crippen LogP contribution in [0.15, 0.2) is 30.5 Å². The highest BCUT2D eigenvalue weighted by Gasteiger charge is 2.53. The van der Waals surface area contributed by atoms with Gasteiger partial charge in [-0.15, -0.1) is 0 Å². The monoisotopic (exact) mass is 534 g/mol. The molecule has 1 aromatic carbocycles. The Kier molecular flexibility index (Phi) is 7.48. The van der Waals surface area contributed by atoms with E-state index >= 15 is 0 Å². The molecule has 0 saturated carbocycles. The standard InChI is InChI=1S/C29H39BN4O5/c1-8-37-17-16-34-22-13-12-21(30-38-28(3,4)29(5,6)39-30)24(27(35)36-7)25(22)32-26(34)20-11-14-23(31-18-20)33-15-9-10-19(33)2/h11-14,18-19H,8-10,15-17H2,1-7H3. The number of esters is 1. The summed E-state index contributed by atoms with van der Waals surface area (Å²) >= 11 is 0. The Morgan fingerprint density at radius 3 is 2.49 bits per heavy atom. The Labute approximate surface area is 230 Å². The number of benzene rings is 1. The van der Waals surface area contributed by atoms with Crippen LogP contribution < -0.4 is 10.4 Å². The fourth-order valence-corrected chi connectivity index (χ4v) is 5.40. The molecule has 3 aromatic rings. The van der Waals surface area contributed by atoms with Crippen molar-refractivity contribution in [3.8, 4) is 11.4 Å². The van der Waals surface area contributed by atoms with E-state index in [1.165, 1.54) is 20.0 Å². The lowest BCUT2D eigenvalue weighted by Gasteiger charge is -2.32. The second kappa shape index (κ2) is 10.6. The summed E-state index contributed by atoms with van der Waals surface area (Å²) in [6, 6.07) is 8.45. The molecule has 0 amide bonds. The van der Waals surface area contributed by atoms with Gasteiger partial charge in [0, 0.05) is 37.5 Å². The van der Waals surface area contributed by atoms with Crippen LogP contribution in [0, 0.1) is 0 Å². The number of aromatic nitrogens is 3. The van der Waals surface area contributed by atoms with E-state index in [0.29, 0.717) is 42.3 Å². The van der Waals surface area contributed by atoms with Crippen LogP contribution in [0.4, 0.5) is 5.82 Å². The fraction of sp³-hybridized carbons (Fsp3) is 0.552. The minimum absolute atomic E-state index is 0.348. The summed E-state index contributed by atoms with van der Waals surface area (Å²) in [5.41, 5.74) is 2.06. The fourth-order valence-electron chi connectivity index (χ4n) is 5.40. The first-order valence-electron chi connectivity index (χ1n) is 13.9. The molecular formula is C29H39BN4O5. The molecule has 0 bridgehead atoms. The number of methoxy groups -OCH3 is 1. The van der Waals surface area contributed by atoms with E-state index < -0.39 is 24.3 Å². The number of imidazole rings is 1. The molecule has 9 nitrogen and oxygen atoms in total. The van der Waals surface area contributed by atoms with Crippen LogP contribution in [-0.4, -0.2) is 71.7 Å². The van der Waals surface area contributed by atoms with Gasteiger partial charge in [0.25, 0.3) is 0 Å². The summed E-state index contributed by atoms with van der Waals surface area (Å²) in [5.74, 6) is 1.20. The second-order valence-corrected chi connectivity index (χ2v) is 11.4. The molecule has 2 fully saturated rings. The van der Waals surface area contributed by atoms with Gasteiger partial charge in [0.05, 0.1) is 36.0 Å². The van der Waals surface area contributed by atoms with Crippen molar-refractivity contribution in [1.82, 2.24) is 14.5 Å². The van der Waals surface area contributed by atoms with Crippen molar-refractivity contribution in [2.75, 3.05) is 31.8 Å². The van der Waals surface area contributed by atoms with Crippen molar-refractivity contribution in [2.24, 2.45) is 0 Å². The number of ether oxygens (including phenoxy) is 2. The van der Waals surface area contributed by atoms with Crippen LogP contribution >= 0.6 is 0 Å². The molecule has 1 unspecified atom stereocenters. The molecule has 2 saturated heterocycles. The summed E-state index contributed by atoms with van der Waals surface area (Å²) in [6.07, 6.45) is 4.23. The maximum absolute atomic E-state index is 13.2. The quantitative estimate of drug-likeness (QED) is 0.241. The van der Waals surface area contributed by atoms with Crippen molar-refractivity contribution in [2.45, 2.75) is 78.2 Å². The molecule has 0 radical (unpaired) electrons. The van der Waals surface area contributed by atoms with Gasteiger partial charge in [-0.05, 0) is 78.0 Å². The van der Waals surface area contributed by atoms with Crippen LogP contribution in [-0.2, 0) is 25.3 Å². The van der Waals surface area contributed by atoms with Crippen LogP contribution in [0.3, 0.4) is 0 Å². The summed E-state index contributed by atoms with van der Waals surface area (Å²) in [4.78, 5) is 25.4. The average molecular weight is 534 g/mol. The van der Waals surface area contributed by atoms with Gasteiger partial charge in [-0.25, -0.2) is 14.8 Å². The Balaban J connectivity index is 1.63. The predicted octanol–water partition coefficient (Wildman–Crippen LogP) is 4.21. The Hall–Kier alpha value is -2.95. The number of rotatable bonds is 8. The van der Waals surface area contributed by atoms with E-state index in [4.69, 9.17) is 28.8 Å². The molecule has 208 valence electrons. The molecule has 5 rings (SSSR count). The number of carbonyl (C=O) groups excluding carboxylic acids is 1. The molecule has 0 aliphatic carbocycles. The molecule has 0 N–H and O–H groups in total. The Morgan fingerprint density at radius 1 is 1.15 bits per heavy atom. The van der Waals surface area contributed by atoms with E-state index in [1.807, 2.05) is 52.9 Å². The third-order valence-electron chi connectivity index (χ3n) is 8.37. The lowest BCUT2D eigenvalue weighted by molar-refractivity contribution is 0.00578. The summed E-state index contributed by atoms with van der Waals surface area (Å²) < 4.78 is 25.6. The predicted molar refractivity (Wildman–Crippen MR) is 153 cm³/mol. The summed E-state index contributed by atoms with van der Waals surface area (Å²) in [6.45, 7) is 14.9. The first kappa shape index (κ1) is 27.6. The zero-order chi connectivity index (χ0) is 27.9. The van der Waals surface area contributed by atoms with Crippen molar-refractivity contribution in [1.29, 1.82) is 0 Å². The molecular weight excluding hydrogens is 495 g/mol. The number of hydrogen-bond donors (Lipinski definition) is 0. The Morgan fingerprint density at radius 2 is 1.90 bits per heavy atom. The molecule has 2 aliphatic heterocycles. The highest BCUT2D eigenvalue weighted by molar-refractivity contribution is 6.64. The van der Waals surface area contributed by atoms with Gasteiger partial charge in [0.2, 0.25) is 0 Å². The van der Waals surface area contributed by atoms with Gasteiger partial charge < -0.3 is 28.2 Å². The summed E-state index contributed by atoms with van der Waals surface area (Å²) in [5, 5.41) is 0. The number of pyridine rings is 1. The van der Waals surface area contributed by atoms with Crippen molar-refractivity contribution >= 4 is 35.4 Å². The average Bonchev–Trinajstić information content (AvgIpc) is 3.56. The van der Waals surface area contributed by atoms with Gasteiger partial charge in [-0.3, -0.25) is 0 Å². The minimum Gasteiger partial charge on any atom is -0.465 e. The first-order valence-corrected chi connectivity index (χ1v) is 13.9. The maximum Gasteiger partial charge on any atom is 0.495 e. The minimum atomic E-state index is -0.728. The van der Waals surface area contributed by atoms with Crippen molar-refractivity contribution in [3.05, 3.63) is 36.0 Å². The topological polar surface area (TPSA) is 87.9 Å². The number of anilines is 1. The van der Waals surface area contributed by atoms with Crippen LogP contribution in [0.5, 0.6) is 0 Å². The van der Waals surface area contributed by atoms with Gasteiger partial charge in [-0.2, -0.15) is 0 Å². The van der Waals surface area contributed by atoms with Crippen molar-refractivity contribution in [3.63, 3.8) is 0 Å². The van der Waals surface area contributed by atoms with Gasteiger partial charge >= 0.3 is 13.1 Å². The lowest BCUT2D eigenvalue weighted by atomic mass is 9.75. The van der Waals surface area contributed by atoms with E-state index in [9.17, 15) is 4.79 Å². The number of carbonyl (C=O) groups is 1. The molecule has 2 aliphatic rings. The highest BCUT2D eigenvalue weighted by Crippen LogP contribution is 2.37. The number of nitrogens with zero attached hydrogens (tertiary/aromatic N) is 4. The third-order valence-corrected chi connectivity index (χ3v) is 8.37. The van der Waals surface area contributed by atoms with E-state index in [2.05, 4.69) is 28.5 Å². The van der Waals surface area contributed by atoms with Crippen LogP contribution in [0.25, 0.3) is 22.4 Å². The zero-order valence-electron chi connectivity index (χ0n) is 24.1. The van der Waals surface area contributed by atoms with E-state index in [-0.39, 0.29) is 0 Å². The Bertz CT molecular complexity index is 1340. The number of hydrogen-bond acceptors (Lipinski definition) is 8. The molecule has 1 atom stereocenters. The van der Waals surface area contributed by atoms with E-state index in [0.717, 1.165) is 29.3 Å². The lowest BCUT2D eigenvalue weighted by Crippen LogP contribution is -2.41. The van der Waals surface area contributed by atoms with Crippen molar-refractivity contribution < 1.29 is 23.6 Å². The third kappa shape index (κ3) is 4.94. The van der Waals surface area contributed by atoms with Crippen LogP contribution in [0.2, 0.25) is 0 Å². The van der Waals surface area contributed by atoms with Gasteiger partial charge in [0.1, 0.15) is 17.2 Å². The normalized spacial score (nSPS) is 20.2. The highest BCUT2D eigenvalue weighted by atomic mass is 16.7. The largest absolute Gasteiger partial charge is 0.495 e. The van der Waals surface area contributed by atoms with Crippen LogP contribution in [0.1, 0.15) is 64.7 Å². The second-order valence-electron chi connectivity index (χ2n) is 11.4. The molecule has 39 heavy (non-hydrogen) atoms. The van der Waals surface area contributed by atoms with Gasteiger partial charge in [-0.1, -0.05) is 6.07 Å². The van der Waals surface area contributed by atoms with E-state index in [1.54, 1.807) is 0 Å². The molecule has 2 aromatic heterocycles. The van der Waals surface area contributed by atoms with Gasteiger partial charge in [0.15, 0.2) is 0 Å². The molecule has 10 heteroatoms. The maximum atomic E-state index is 13.2. The molecule has 0 spiro atoms. The SMILES string of the molecule is CCOCCn1c(-c2ccc(N3CCCC3C)nc2)nc2c(C(=O)OC)c(B3OC(C)(C)C(C)(C)O3)ccc21. The first-order chi connectivity index (χ1) is 18.6. The zero-order valence-corrected chi connectivity index (χ0v) is 24.1. The smallest absolute Gasteiger partial charge is 0.465 e. The number of fused-ring (bicyclic) bond motifs is 1.